The maximum Gasteiger partial charge on any atom is 0.220 e. The van der Waals surface area contributed by atoms with E-state index in [1.54, 1.807) is 18.9 Å². The summed E-state index contributed by atoms with van der Waals surface area (Å²) in [6.07, 6.45) is 1.96. The van der Waals surface area contributed by atoms with E-state index in [4.69, 9.17) is 10.3 Å². The molecular formula is C7H14N3O2P. The number of anilines is 1. The zero-order valence-corrected chi connectivity index (χ0v) is 8.70. The quantitative estimate of drug-likeness (QED) is 0.750. The number of hydrogen-bond acceptors (Lipinski definition) is 4. The molecule has 6 heteroatoms. The molecule has 74 valence electrons. The van der Waals surface area contributed by atoms with Crippen molar-refractivity contribution in [3.63, 3.8) is 0 Å². The monoisotopic (exact) mass is 203 g/mol. The van der Waals surface area contributed by atoms with Crippen molar-refractivity contribution in [2.75, 3.05) is 19.0 Å². The van der Waals surface area contributed by atoms with E-state index >= 15 is 0 Å². The highest BCUT2D eigenvalue weighted by molar-refractivity contribution is 7.57. The zero-order chi connectivity index (χ0) is 9.90. The van der Waals surface area contributed by atoms with Gasteiger partial charge >= 0.3 is 0 Å². The van der Waals surface area contributed by atoms with Crippen LogP contribution in [-0.2, 0) is 15.4 Å². The van der Waals surface area contributed by atoms with Gasteiger partial charge in [-0.2, -0.15) is 5.10 Å². The van der Waals surface area contributed by atoms with E-state index in [-0.39, 0.29) is 6.29 Å². The van der Waals surface area contributed by atoms with Crippen LogP contribution < -0.4 is 5.73 Å². The van der Waals surface area contributed by atoms with E-state index in [1.165, 1.54) is 4.68 Å². The van der Waals surface area contributed by atoms with E-state index in [9.17, 15) is 4.57 Å². The Balaban J connectivity index is 2.63. The van der Waals surface area contributed by atoms with Gasteiger partial charge in [-0.25, -0.2) is 0 Å². The Kier molecular flexibility index (Phi) is 3.12. The van der Waals surface area contributed by atoms with Crippen LogP contribution in [-0.4, -0.2) is 23.1 Å². The van der Waals surface area contributed by atoms with E-state index < -0.39 is 7.37 Å². The molecular weight excluding hydrogens is 189 g/mol. The second-order valence-electron chi connectivity index (χ2n) is 2.85. The van der Waals surface area contributed by atoms with Gasteiger partial charge in [0.05, 0.1) is 6.61 Å². The molecule has 1 rings (SSSR count). The molecule has 0 radical (unpaired) electrons. The molecule has 1 aromatic rings. The van der Waals surface area contributed by atoms with Gasteiger partial charge in [-0.15, -0.1) is 0 Å². The molecule has 2 N–H and O–H groups in total. The highest BCUT2D eigenvalue weighted by Crippen LogP contribution is 2.43. The summed E-state index contributed by atoms with van der Waals surface area (Å²) in [5, 5.41) is 3.92. The molecule has 5 nitrogen and oxygen atoms in total. The molecule has 0 saturated heterocycles. The molecule has 0 aliphatic rings. The Morgan fingerprint density at radius 3 is 2.92 bits per heavy atom. The van der Waals surface area contributed by atoms with Gasteiger partial charge < -0.3 is 10.3 Å². The van der Waals surface area contributed by atoms with Crippen LogP contribution >= 0.6 is 7.37 Å². The van der Waals surface area contributed by atoms with Crippen molar-refractivity contribution in [3.8, 4) is 0 Å². The highest BCUT2D eigenvalue weighted by Gasteiger charge is 2.15. The van der Waals surface area contributed by atoms with E-state index in [0.717, 1.165) is 0 Å². The number of aromatic nitrogens is 2. The van der Waals surface area contributed by atoms with Crippen molar-refractivity contribution < 1.29 is 9.09 Å². The van der Waals surface area contributed by atoms with Gasteiger partial charge in [0.2, 0.25) is 7.37 Å². The third-order valence-electron chi connectivity index (χ3n) is 1.47. The van der Waals surface area contributed by atoms with Gasteiger partial charge in [0, 0.05) is 12.9 Å². The fourth-order valence-corrected chi connectivity index (χ4v) is 2.35. The number of hydrogen-bond donors (Lipinski definition) is 1. The van der Waals surface area contributed by atoms with Gasteiger partial charge in [0.25, 0.3) is 0 Å². The maximum atomic E-state index is 11.7. The lowest BCUT2D eigenvalue weighted by molar-refractivity contribution is 0.330. The molecule has 1 heterocycles. The molecule has 1 atom stereocenters. The lowest BCUT2D eigenvalue weighted by atomic mass is 10.7. The zero-order valence-electron chi connectivity index (χ0n) is 7.80. The van der Waals surface area contributed by atoms with Crippen molar-refractivity contribution >= 4 is 13.2 Å². The van der Waals surface area contributed by atoms with Crippen LogP contribution in [0, 0.1) is 0 Å². The molecule has 0 bridgehead atoms. The predicted octanol–water partition coefficient (Wildman–Crippen LogP) is 1.37. The minimum absolute atomic E-state index is 0.276. The van der Waals surface area contributed by atoms with Gasteiger partial charge in [0.15, 0.2) is 0 Å². The summed E-state index contributed by atoms with van der Waals surface area (Å²) < 4.78 is 18.3. The minimum Gasteiger partial charge on any atom is -0.382 e. The fourth-order valence-electron chi connectivity index (χ4n) is 1.03. The number of nitrogens with zero attached hydrogens (tertiary/aromatic N) is 2. The largest absolute Gasteiger partial charge is 0.382 e. The Labute approximate surface area is 77.3 Å². The lowest BCUT2D eigenvalue weighted by Crippen LogP contribution is -2.02. The normalized spacial score (nSPS) is 15.5. The molecule has 0 aromatic carbocycles. The number of nitrogens with two attached hydrogens (primary N) is 1. The second-order valence-corrected chi connectivity index (χ2v) is 5.42. The van der Waals surface area contributed by atoms with Crippen LogP contribution in [0.4, 0.5) is 5.82 Å². The molecule has 0 aliphatic heterocycles. The average molecular weight is 203 g/mol. The summed E-state index contributed by atoms with van der Waals surface area (Å²) in [6, 6.07) is 1.66. The van der Waals surface area contributed by atoms with E-state index in [1.807, 2.05) is 6.92 Å². The van der Waals surface area contributed by atoms with Crippen LogP contribution in [0.1, 0.15) is 6.92 Å². The van der Waals surface area contributed by atoms with E-state index in [0.29, 0.717) is 12.4 Å². The number of nitrogen functional groups attached to an aromatic ring is 1. The Hall–Kier alpha value is -0.800. The summed E-state index contributed by atoms with van der Waals surface area (Å²) in [7, 11) is -2.56. The fraction of sp³-hybridized carbons (Fsp3) is 0.571. The smallest absolute Gasteiger partial charge is 0.220 e. The summed E-state index contributed by atoms with van der Waals surface area (Å²) in [6.45, 7) is 3.85. The van der Waals surface area contributed by atoms with E-state index in [2.05, 4.69) is 5.10 Å². The summed E-state index contributed by atoms with van der Waals surface area (Å²) in [4.78, 5) is 0. The molecule has 1 aromatic heterocycles. The Morgan fingerprint density at radius 1 is 1.77 bits per heavy atom. The first-order valence-electron chi connectivity index (χ1n) is 4.03. The first-order valence-corrected chi connectivity index (χ1v) is 6.29. The lowest BCUT2D eigenvalue weighted by Gasteiger charge is -2.11. The standard InChI is InChI=1S/C7H14N3O2P/c1-3-12-13(2,11)6-10-5-4-7(8)9-10/h4-5H,3,6H2,1-2H3,(H2,8,9). The molecule has 0 aliphatic carbocycles. The van der Waals surface area contributed by atoms with Crippen LogP contribution in [0.5, 0.6) is 0 Å². The molecule has 0 saturated carbocycles. The third kappa shape index (κ3) is 3.20. The summed E-state index contributed by atoms with van der Waals surface area (Å²) in [5.41, 5.74) is 5.41. The number of rotatable bonds is 4. The Morgan fingerprint density at radius 2 is 2.46 bits per heavy atom. The Bertz CT molecular complexity index is 323. The SMILES string of the molecule is CCOP(C)(=O)Cn1ccc(N)n1. The third-order valence-corrected chi connectivity index (χ3v) is 3.07. The van der Waals surface area contributed by atoms with Crippen molar-refractivity contribution in [2.45, 2.75) is 13.2 Å². The van der Waals surface area contributed by atoms with Crippen molar-refractivity contribution in [2.24, 2.45) is 0 Å². The summed E-state index contributed by atoms with van der Waals surface area (Å²) >= 11 is 0. The topological polar surface area (TPSA) is 70.1 Å². The second kappa shape index (κ2) is 3.94. The van der Waals surface area contributed by atoms with Gasteiger partial charge in [-0.05, 0) is 13.0 Å². The molecule has 0 amide bonds. The van der Waals surface area contributed by atoms with Gasteiger partial charge in [0.1, 0.15) is 12.1 Å². The van der Waals surface area contributed by atoms with Crippen LogP contribution in [0.15, 0.2) is 12.3 Å². The van der Waals surface area contributed by atoms with Crippen molar-refractivity contribution in [1.82, 2.24) is 9.78 Å². The predicted molar refractivity (Wildman–Crippen MR) is 51.8 cm³/mol. The first kappa shape index (κ1) is 10.3. The maximum absolute atomic E-state index is 11.7. The van der Waals surface area contributed by atoms with Crippen LogP contribution in [0.2, 0.25) is 0 Å². The average Bonchev–Trinajstić information content (AvgIpc) is 2.34. The van der Waals surface area contributed by atoms with Crippen molar-refractivity contribution in [3.05, 3.63) is 12.3 Å². The van der Waals surface area contributed by atoms with Crippen LogP contribution in [0.3, 0.4) is 0 Å². The van der Waals surface area contributed by atoms with Gasteiger partial charge in [-0.1, -0.05) is 0 Å². The molecule has 0 fully saturated rings. The molecule has 13 heavy (non-hydrogen) atoms. The van der Waals surface area contributed by atoms with Crippen molar-refractivity contribution in [1.29, 1.82) is 0 Å². The molecule has 1 unspecified atom stereocenters. The minimum atomic E-state index is -2.56. The highest BCUT2D eigenvalue weighted by atomic mass is 31.2. The van der Waals surface area contributed by atoms with Crippen LogP contribution in [0.25, 0.3) is 0 Å². The first-order chi connectivity index (χ1) is 6.03. The molecule has 0 spiro atoms. The summed E-state index contributed by atoms with van der Waals surface area (Å²) in [5.74, 6) is 0.427. The van der Waals surface area contributed by atoms with Gasteiger partial charge in [-0.3, -0.25) is 9.25 Å².